The molecule has 84 valence electrons. The molecule has 0 heterocycles. The van der Waals surface area contributed by atoms with E-state index >= 15 is 0 Å². The van der Waals surface area contributed by atoms with Crippen LogP contribution in [0.4, 0.5) is 0 Å². The third kappa shape index (κ3) is 2.03. The van der Waals surface area contributed by atoms with Crippen LogP contribution in [-0.4, -0.2) is 26.2 Å². The van der Waals surface area contributed by atoms with E-state index in [0.717, 1.165) is 0 Å². The molecule has 0 aliphatic carbocycles. The second-order valence-corrected chi connectivity index (χ2v) is 7.18. The summed E-state index contributed by atoms with van der Waals surface area (Å²) in [7, 11) is 2.64. The zero-order chi connectivity index (χ0) is 11.8. The van der Waals surface area contributed by atoms with Crippen LogP contribution in [0, 0.1) is 5.41 Å². The summed E-state index contributed by atoms with van der Waals surface area (Å²) in [5, 5.41) is 0. The molecule has 0 N–H and O–H groups in total. The number of esters is 1. The van der Waals surface area contributed by atoms with Gasteiger partial charge in [-0.05, 0) is 27.7 Å². The van der Waals surface area contributed by atoms with Crippen molar-refractivity contribution in [2.45, 2.75) is 32.4 Å². The fourth-order valence-electron chi connectivity index (χ4n) is 0.806. The Hall–Kier alpha value is -0.290. The third-order valence-corrected chi connectivity index (χ3v) is 5.70. The molecule has 0 unspecified atom stereocenters. The number of rotatable bonds is 3. The fourth-order valence-corrected chi connectivity index (χ4v) is 2.08. The van der Waals surface area contributed by atoms with Crippen molar-refractivity contribution in [2.75, 3.05) is 7.11 Å². The monoisotopic (exact) mass is 242 g/mol. The molecule has 4 nitrogen and oxygen atoms in total. The first kappa shape index (κ1) is 13.7. The Morgan fingerprint density at radius 2 is 1.57 bits per heavy atom. The topological polar surface area (TPSA) is 60.4 Å². The first-order chi connectivity index (χ1) is 5.98. The summed E-state index contributed by atoms with van der Waals surface area (Å²) in [5.41, 5.74) is -1.19. The highest BCUT2D eigenvalue weighted by Crippen LogP contribution is 2.40. The van der Waals surface area contributed by atoms with Gasteiger partial charge in [0.05, 0.1) is 17.3 Å². The molecule has 0 aliphatic heterocycles. The van der Waals surface area contributed by atoms with Gasteiger partial charge >= 0.3 is 5.97 Å². The summed E-state index contributed by atoms with van der Waals surface area (Å²) in [4.78, 5) is 11.4. The van der Waals surface area contributed by atoms with Gasteiger partial charge in [-0.3, -0.25) is 4.79 Å². The highest BCUT2D eigenvalue weighted by molar-refractivity contribution is 8.14. The van der Waals surface area contributed by atoms with Gasteiger partial charge in [-0.15, -0.1) is 0 Å². The maximum atomic E-state index is 11.4. The molecule has 0 radical (unpaired) electrons. The average Bonchev–Trinajstić information content (AvgIpc) is 2.00. The van der Waals surface area contributed by atoms with Crippen LogP contribution in [0.5, 0.6) is 0 Å². The smallest absolute Gasteiger partial charge is 0.312 e. The number of ether oxygens (including phenoxy) is 1. The zero-order valence-electron chi connectivity index (χ0n) is 8.92. The van der Waals surface area contributed by atoms with Gasteiger partial charge in [0.2, 0.25) is 9.05 Å². The maximum Gasteiger partial charge on any atom is 0.312 e. The van der Waals surface area contributed by atoms with Crippen LogP contribution in [0.15, 0.2) is 0 Å². The average molecular weight is 243 g/mol. The van der Waals surface area contributed by atoms with E-state index in [-0.39, 0.29) is 0 Å². The molecule has 0 atom stereocenters. The normalized spacial score (nSPS) is 13.9. The van der Waals surface area contributed by atoms with Crippen molar-refractivity contribution in [3.63, 3.8) is 0 Å². The summed E-state index contributed by atoms with van der Waals surface area (Å²) in [6.45, 7) is 5.76. The number of carbonyl (C=O) groups excluding carboxylic acids is 1. The minimum Gasteiger partial charge on any atom is -0.469 e. The van der Waals surface area contributed by atoms with E-state index in [2.05, 4.69) is 4.74 Å². The Morgan fingerprint density at radius 1 is 1.21 bits per heavy atom. The predicted molar refractivity (Wildman–Crippen MR) is 54.6 cm³/mol. The lowest BCUT2D eigenvalue weighted by Gasteiger charge is -2.35. The van der Waals surface area contributed by atoms with Crippen LogP contribution < -0.4 is 0 Å². The first-order valence-corrected chi connectivity index (χ1v) is 6.32. The van der Waals surface area contributed by atoms with Gasteiger partial charge in [-0.2, -0.15) is 0 Å². The Morgan fingerprint density at radius 3 is 1.79 bits per heavy atom. The van der Waals surface area contributed by atoms with Crippen LogP contribution in [0.3, 0.4) is 0 Å². The van der Waals surface area contributed by atoms with Crippen LogP contribution in [0.25, 0.3) is 0 Å². The SMILES string of the molecule is COC(=O)C(C)(C)C(C)(C)S(=O)(=O)Cl. The van der Waals surface area contributed by atoms with Crippen molar-refractivity contribution in [2.24, 2.45) is 5.41 Å². The predicted octanol–water partition coefficient (Wildman–Crippen LogP) is 1.53. The highest BCUT2D eigenvalue weighted by atomic mass is 35.7. The van der Waals surface area contributed by atoms with Crippen molar-refractivity contribution in [1.82, 2.24) is 0 Å². The number of carbonyl (C=O) groups is 1. The van der Waals surface area contributed by atoms with Gasteiger partial charge in [0, 0.05) is 10.7 Å². The van der Waals surface area contributed by atoms with Gasteiger partial charge in [0.1, 0.15) is 0 Å². The van der Waals surface area contributed by atoms with Crippen LogP contribution >= 0.6 is 10.7 Å². The highest BCUT2D eigenvalue weighted by Gasteiger charge is 2.52. The number of methoxy groups -OCH3 is 1. The Labute approximate surface area is 89.0 Å². The number of halogens is 1. The molecular formula is C8H15ClO4S. The molecule has 0 bridgehead atoms. The minimum atomic E-state index is -3.84. The van der Waals surface area contributed by atoms with E-state index in [1.807, 2.05) is 0 Å². The van der Waals surface area contributed by atoms with E-state index in [4.69, 9.17) is 10.7 Å². The summed E-state index contributed by atoms with van der Waals surface area (Å²) < 4.78 is 25.7. The van der Waals surface area contributed by atoms with E-state index in [9.17, 15) is 13.2 Å². The van der Waals surface area contributed by atoms with Crippen molar-refractivity contribution in [3.8, 4) is 0 Å². The summed E-state index contributed by atoms with van der Waals surface area (Å²) >= 11 is 0. The van der Waals surface area contributed by atoms with Gasteiger partial charge in [0.15, 0.2) is 0 Å². The Kier molecular flexibility index (Phi) is 3.62. The maximum absolute atomic E-state index is 11.4. The molecule has 0 saturated carbocycles. The zero-order valence-corrected chi connectivity index (χ0v) is 10.5. The molecule has 0 aromatic heterocycles. The third-order valence-electron chi connectivity index (χ3n) is 2.81. The molecule has 0 fully saturated rings. The summed E-state index contributed by atoms with van der Waals surface area (Å²) in [5.74, 6) is -0.605. The molecule has 6 heteroatoms. The molecule has 0 aromatic carbocycles. The number of hydrogen-bond donors (Lipinski definition) is 0. The van der Waals surface area contributed by atoms with E-state index < -0.39 is 25.2 Å². The molecule has 0 saturated heterocycles. The lowest BCUT2D eigenvalue weighted by Crippen LogP contribution is -2.49. The molecule has 14 heavy (non-hydrogen) atoms. The molecular weight excluding hydrogens is 228 g/mol. The van der Waals surface area contributed by atoms with Crippen LogP contribution in [-0.2, 0) is 18.6 Å². The van der Waals surface area contributed by atoms with E-state index in [1.165, 1.54) is 34.8 Å². The minimum absolute atomic E-state index is 0.605. The molecule has 0 aliphatic rings. The molecule has 0 rings (SSSR count). The van der Waals surface area contributed by atoms with Gasteiger partial charge in [-0.1, -0.05) is 0 Å². The lowest BCUT2D eigenvalue weighted by atomic mass is 9.80. The molecule has 0 amide bonds. The lowest BCUT2D eigenvalue weighted by molar-refractivity contribution is -0.152. The van der Waals surface area contributed by atoms with Gasteiger partial charge < -0.3 is 4.74 Å². The molecule has 0 aromatic rings. The summed E-state index contributed by atoms with van der Waals surface area (Å²) in [6.07, 6.45) is 0. The van der Waals surface area contributed by atoms with Crippen LogP contribution in [0.2, 0.25) is 0 Å². The van der Waals surface area contributed by atoms with E-state index in [0.29, 0.717) is 0 Å². The first-order valence-electron chi connectivity index (χ1n) is 4.01. The Bertz CT molecular complexity index is 329. The van der Waals surface area contributed by atoms with Crippen molar-refractivity contribution in [3.05, 3.63) is 0 Å². The number of hydrogen-bond acceptors (Lipinski definition) is 4. The van der Waals surface area contributed by atoms with Crippen molar-refractivity contribution < 1.29 is 17.9 Å². The largest absolute Gasteiger partial charge is 0.469 e. The standard InChI is InChI=1S/C8H15ClO4S/c1-7(2,6(10)13-5)8(3,4)14(9,11)12/h1-5H3. The quantitative estimate of drug-likeness (QED) is 0.556. The van der Waals surface area contributed by atoms with E-state index in [1.54, 1.807) is 0 Å². The summed E-state index contributed by atoms with van der Waals surface area (Å²) in [6, 6.07) is 0. The second kappa shape index (κ2) is 3.70. The van der Waals surface area contributed by atoms with Crippen molar-refractivity contribution in [1.29, 1.82) is 0 Å². The van der Waals surface area contributed by atoms with Crippen molar-refractivity contribution >= 4 is 25.7 Å². The van der Waals surface area contributed by atoms with Gasteiger partial charge in [-0.25, -0.2) is 8.42 Å². The Balaban J connectivity index is 5.40. The van der Waals surface area contributed by atoms with Gasteiger partial charge in [0.25, 0.3) is 0 Å². The van der Waals surface area contributed by atoms with Crippen LogP contribution in [0.1, 0.15) is 27.7 Å². The second-order valence-electron chi connectivity index (χ2n) is 4.06. The fraction of sp³-hybridized carbons (Fsp3) is 0.875. The molecule has 0 spiro atoms.